The van der Waals surface area contributed by atoms with E-state index in [2.05, 4.69) is 27.9 Å². The minimum atomic E-state index is -0.511. The molecule has 0 fully saturated rings. The normalized spacial score (nSPS) is 11.9. The monoisotopic (exact) mass is 395 g/mol. The number of hydrogen-bond acceptors (Lipinski definition) is 2. The highest BCUT2D eigenvalue weighted by Crippen LogP contribution is 2.18. The van der Waals surface area contributed by atoms with Crippen molar-refractivity contribution in [3.63, 3.8) is 0 Å². The van der Waals surface area contributed by atoms with Gasteiger partial charge < -0.3 is 10.1 Å². The summed E-state index contributed by atoms with van der Waals surface area (Å²) >= 11 is 8.22. The fraction of sp³-hybridized carbons (Fsp3) is 0.500. The Bertz CT molecular complexity index is 401. The molecule has 1 rings (SSSR count). The summed E-state index contributed by atoms with van der Waals surface area (Å²) in [4.78, 5) is 11.8. The summed E-state index contributed by atoms with van der Waals surface area (Å²) in [7, 11) is 0. The molecule has 0 bridgehead atoms. The van der Waals surface area contributed by atoms with Gasteiger partial charge in [-0.3, -0.25) is 4.79 Å². The first-order chi connectivity index (χ1) is 9.13. The lowest BCUT2D eigenvalue weighted by Gasteiger charge is -2.14. The first kappa shape index (κ1) is 16.6. The van der Waals surface area contributed by atoms with Crippen LogP contribution in [0.3, 0.4) is 0 Å². The van der Waals surface area contributed by atoms with Crippen molar-refractivity contribution < 1.29 is 9.53 Å². The Morgan fingerprint density at radius 3 is 2.89 bits per heavy atom. The second-order valence-electron chi connectivity index (χ2n) is 4.26. The highest BCUT2D eigenvalue weighted by atomic mass is 127. The van der Waals surface area contributed by atoms with Crippen LogP contribution in [0, 0.1) is 0 Å². The molecule has 1 aromatic carbocycles. The van der Waals surface area contributed by atoms with E-state index < -0.39 is 6.10 Å². The summed E-state index contributed by atoms with van der Waals surface area (Å²) in [6.07, 6.45) is 2.85. The molecule has 0 aliphatic carbocycles. The molecule has 0 aromatic heterocycles. The van der Waals surface area contributed by atoms with Crippen molar-refractivity contribution in [3.8, 4) is 5.75 Å². The Hall–Kier alpha value is -0.490. The molecule has 0 radical (unpaired) electrons. The van der Waals surface area contributed by atoms with Crippen LogP contribution in [0.2, 0.25) is 5.02 Å². The number of rotatable bonds is 8. The van der Waals surface area contributed by atoms with E-state index in [9.17, 15) is 4.79 Å². The van der Waals surface area contributed by atoms with Crippen molar-refractivity contribution in [2.75, 3.05) is 11.0 Å². The average molecular weight is 396 g/mol. The Morgan fingerprint density at radius 2 is 2.21 bits per heavy atom. The van der Waals surface area contributed by atoms with E-state index in [-0.39, 0.29) is 5.91 Å². The van der Waals surface area contributed by atoms with Gasteiger partial charge in [0.15, 0.2) is 6.10 Å². The maximum atomic E-state index is 11.8. The van der Waals surface area contributed by atoms with E-state index in [1.165, 1.54) is 10.8 Å². The second-order valence-corrected chi connectivity index (χ2v) is 5.77. The maximum absolute atomic E-state index is 11.8. The third-order valence-corrected chi connectivity index (χ3v) is 3.59. The van der Waals surface area contributed by atoms with E-state index in [4.69, 9.17) is 16.3 Å². The third kappa shape index (κ3) is 7.01. The van der Waals surface area contributed by atoms with Gasteiger partial charge in [0.2, 0.25) is 0 Å². The van der Waals surface area contributed by atoms with Gasteiger partial charge >= 0.3 is 0 Å². The van der Waals surface area contributed by atoms with Crippen LogP contribution in [0.1, 0.15) is 26.2 Å². The number of ether oxygens (including phenoxy) is 1. The van der Waals surface area contributed by atoms with Gasteiger partial charge in [-0.15, -0.1) is 0 Å². The molecule has 0 heterocycles. The summed E-state index contributed by atoms with van der Waals surface area (Å²) in [5, 5.41) is 3.48. The number of hydrogen-bond donors (Lipinski definition) is 1. The SMILES string of the molecule is CC(Oc1cccc(Cl)c1)C(=O)NCCCCCI. The van der Waals surface area contributed by atoms with E-state index >= 15 is 0 Å². The zero-order valence-electron chi connectivity index (χ0n) is 11.0. The number of benzene rings is 1. The standard InChI is InChI=1S/C14H19ClINO2/c1-11(14(18)17-9-4-2-3-8-16)19-13-7-5-6-12(15)10-13/h5-7,10-11H,2-4,8-9H2,1H3,(H,17,18). The van der Waals surface area contributed by atoms with Crippen molar-refractivity contribution in [1.82, 2.24) is 5.32 Å². The summed E-state index contributed by atoms with van der Waals surface area (Å²) in [5.74, 6) is 0.523. The molecule has 3 nitrogen and oxygen atoms in total. The number of amides is 1. The molecule has 0 spiro atoms. The maximum Gasteiger partial charge on any atom is 0.260 e. The van der Waals surface area contributed by atoms with Gasteiger partial charge in [-0.2, -0.15) is 0 Å². The first-order valence-electron chi connectivity index (χ1n) is 6.39. The highest BCUT2D eigenvalue weighted by molar-refractivity contribution is 14.1. The van der Waals surface area contributed by atoms with Crippen LogP contribution in [0.15, 0.2) is 24.3 Å². The molecule has 0 aliphatic heterocycles. The summed E-state index contributed by atoms with van der Waals surface area (Å²) < 4.78 is 6.70. The Morgan fingerprint density at radius 1 is 1.42 bits per heavy atom. The predicted molar refractivity (Wildman–Crippen MR) is 87.3 cm³/mol. The van der Waals surface area contributed by atoms with Gasteiger partial charge in [-0.1, -0.05) is 46.7 Å². The zero-order chi connectivity index (χ0) is 14.1. The molecule has 106 valence electrons. The van der Waals surface area contributed by atoms with Crippen molar-refractivity contribution in [2.45, 2.75) is 32.3 Å². The van der Waals surface area contributed by atoms with Gasteiger partial charge in [0.05, 0.1) is 0 Å². The predicted octanol–water partition coefficient (Wildman–Crippen LogP) is 3.83. The molecule has 1 unspecified atom stereocenters. The van der Waals surface area contributed by atoms with Gasteiger partial charge in [0, 0.05) is 11.6 Å². The molecule has 1 aromatic rings. The molecule has 1 atom stereocenters. The Kier molecular flexibility index (Phi) is 8.21. The number of halogens is 2. The summed E-state index contributed by atoms with van der Waals surface area (Å²) in [5.41, 5.74) is 0. The quantitative estimate of drug-likeness (QED) is 0.413. The van der Waals surface area contributed by atoms with Crippen molar-refractivity contribution in [3.05, 3.63) is 29.3 Å². The number of carbonyl (C=O) groups is 1. The van der Waals surface area contributed by atoms with Gasteiger partial charge in [0.1, 0.15) is 5.75 Å². The summed E-state index contributed by atoms with van der Waals surface area (Å²) in [6.45, 7) is 2.44. The minimum Gasteiger partial charge on any atom is -0.481 e. The molecule has 0 aliphatic rings. The molecule has 5 heteroatoms. The molecule has 1 N–H and O–H groups in total. The fourth-order valence-corrected chi connectivity index (χ4v) is 2.27. The van der Waals surface area contributed by atoms with Gasteiger partial charge in [-0.05, 0) is 42.4 Å². The van der Waals surface area contributed by atoms with E-state index in [0.29, 0.717) is 17.3 Å². The highest BCUT2D eigenvalue weighted by Gasteiger charge is 2.13. The number of carbonyl (C=O) groups excluding carboxylic acids is 1. The van der Waals surface area contributed by atoms with E-state index in [1.807, 2.05) is 0 Å². The van der Waals surface area contributed by atoms with Crippen molar-refractivity contribution in [1.29, 1.82) is 0 Å². The van der Waals surface area contributed by atoms with Crippen molar-refractivity contribution in [2.24, 2.45) is 0 Å². The van der Waals surface area contributed by atoms with Crippen LogP contribution in [0.4, 0.5) is 0 Å². The average Bonchev–Trinajstić information content (AvgIpc) is 2.38. The molecule has 0 saturated carbocycles. The lowest BCUT2D eigenvalue weighted by molar-refractivity contribution is -0.127. The zero-order valence-corrected chi connectivity index (χ0v) is 13.9. The van der Waals surface area contributed by atoms with Crippen LogP contribution in [-0.2, 0) is 4.79 Å². The minimum absolute atomic E-state index is 0.0885. The third-order valence-electron chi connectivity index (χ3n) is 2.59. The topological polar surface area (TPSA) is 38.3 Å². The lowest BCUT2D eigenvalue weighted by Crippen LogP contribution is -2.36. The number of unbranched alkanes of at least 4 members (excludes halogenated alkanes) is 2. The number of nitrogens with one attached hydrogen (secondary N) is 1. The molecule has 19 heavy (non-hydrogen) atoms. The van der Waals surface area contributed by atoms with Crippen LogP contribution >= 0.6 is 34.2 Å². The second kappa shape index (κ2) is 9.42. The van der Waals surface area contributed by atoms with Crippen molar-refractivity contribution >= 4 is 40.1 Å². The molecular formula is C14H19ClINO2. The first-order valence-corrected chi connectivity index (χ1v) is 8.29. The van der Waals surface area contributed by atoms with Crippen LogP contribution in [0.5, 0.6) is 5.75 Å². The van der Waals surface area contributed by atoms with Gasteiger partial charge in [-0.25, -0.2) is 0 Å². The smallest absolute Gasteiger partial charge is 0.260 e. The fourth-order valence-electron chi connectivity index (χ4n) is 1.55. The van der Waals surface area contributed by atoms with Gasteiger partial charge in [0.25, 0.3) is 5.91 Å². The van der Waals surface area contributed by atoms with E-state index in [0.717, 1.165) is 12.8 Å². The molecule has 1 amide bonds. The number of alkyl halides is 1. The van der Waals surface area contributed by atoms with Crippen LogP contribution in [-0.4, -0.2) is 23.0 Å². The Labute approximate surface area is 133 Å². The molecule has 0 saturated heterocycles. The largest absolute Gasteiger partial charge is 0.481 e. The van der Waals surface area contributed by atoms with E-state index in [1.54, 1.807) is 31.2 Å². The summed E-state index contributed by atoms with van der Waals surface area (Å²) in [6, 6.07) is 7.06. The van der Waals surface area contributed by atoms with Crippen LogP contribution in [0.25, 0.3) is 0 Å². The molecular weight excluding hydrogens is 377 g/mol. The van der Waals surface area contributed by atoms with Crippen LogP contribution < -0.4 is 10.1 Å². The Balaban J connectivity index is 2.28. The lowest BCUT2D eigenvalue weighted by atomic mass is 10.2.